The van der Waals surface area contributed by atoms with E-state index in [1.54, 1.807) is 0 Å². The zero-order chi connectivity index (χ0) is 58.7. The fraction of sp³-hybridized carbons (Fsp3) is 0.859. The number of rotatable bonds is 67. The van der Waals surface area contributed by atoms with Gasteiger partial charge < -0.3 is 20.1 Å². The second kappa shape index (κ2) is 67.1. The Hall–Kier alpha value is -2.03. The molecule has 0 aromatic heterocycles. The van der Waals surface area contributed by atoms with Gasteiger partial charge in [-0.2, -0.15) is 0 Å². The smallest absolute Gasteiger partial charge is 0.462 e. The lowest BCUT2D eigenvalue weighted by Gasteiger charge is -2.19. The van der Waals surface area contributed by atoms with Crippen molar-refractivity contribution in [3.8, 4) is 0 Å². The number of unbranched alkanes of at least 4 members (excludes halogenated alkanes) is 46. The summed E-state index contributed by atoms with van der Waals surface area (Å²) in [5, 5.41) is 0. The van der Waals surface area contributed by atoms with Crippen molar-refractivity contribution < 1.29 is 37.6 Å². The van der Waals surface area contributed by atoms with Gasteiger partial charge in [0.25, 0.3) is 0 Å². The predicted octanol–water partition coefficient (Wildman–Crippen LogP) is 22.9. The number of phosphoric acid groups is 1. The van der Waals surface area contributed by atoms with Gasteiger partial charge in [-0.3, -0.25) is 18.6 Å². The monoisotopic (exact) mass is 1160 g/mol. The Bertz CT molecular complexity index is 1470. The second-order valence-electron chi connectivity index (χ2n) is 23.7. The van der Waals surface area contributed by atoms with E-state index in [-0.39, 0.29) is 38.6 Å². The third kappa shape index (κ3) is 67.0. The van der Waals surface area contributed by atoms with Gasteiger partial charge in [-0.1, -0.05) is 319 Å². The number of ether oxygens (including phenoxy) is 2. The summed E-state index contributed by atoms with van der Waals surface area (Å²) in [7, 11) is -4.39. The predicted molar refractivity (Wildman–Crippen MR) is 349 cm³/mol. The Kier molecular flexibility index (Phi) is 65.4. The fourth-order valence-corrected chi connectivity index (χ4v) is 11.2. The van der Waals surface area contributed by atoms with Crippen molar-refractivity contribution in [2.24, 2.45) is 5.73 Å². The molecule has 0 bridgehead atoms. The van der Waals surface area contributed by atoms with Crippen LogP contribution >= 0.6 is 7.82 Å². The van der Waals surface area contributed by atoms with E-state index in [0.29, 0.717) is 6.42 Å². The molecule has 2 atom stereocenters. The van der Waals surface area contributed by atoms with Crippen LogP contribution in [0.1, 0.15) is 361 Å². The topological polar surface area (TPSA) is 134 Å². The van der Waals surface area contributed by atoms with E-state index in [1.807, 2.05) is 0 Å². The number of nitrogens with two attached hydrogens (primary N) is 1. The molecular weight excluding hydrogens is 1030 g/mol. The highest BCUT2D eigenvalue weighted by Gasteiger charge is 2.26. The Balaban J connectivity index is 3.77. The van der Waals surface area contributed by atoms with E-state index in [9.17, 15) is 19.0 Å². The number of phosphoric ester groups is 1. The number of allylic oxidation sites excluding steroid dienone is 8. The summed E-state index contributed by atoms with van der Waals surface area (Å²) < 4.78 is 33.1. The van der Waals surface area contributed by atoms with Gasteiger partial charge >= 0.3 is 19.8 Å². The minimum atomic E-state index is -4.39. The molecular formula is C71H134NO8P. The molecule has 3 N–H and O–H groups in total. The van der Waals surface area contributed by atoms with Crippen LogP contribution in [-0.4, -0.2) is 49.3 Å². The summed E-state index contributed by atoms with van der Waals surface area (Å²) in [6.45, 7) is 3.77. The van der Waals surface area contributed by atoms with Crippen molar-refractivity contribution in [2.75, 3.05) is 26.4 Å². The molecule has 0 aliphatic rings. The van der Waals surface area contributed by atoms with E-state index in [0.717, 1.165) is 44.9 Å². The minimum absolute atomic E-state index is 0.0541. The maximum absolute atomic E-state index is 12.8. The van der Waals surface area contributed by atoms with E-state index < -0.39 is 26.5 Å². The Morgan fingerprint density at radius 3 is 0.938 bits per heavy atom. The lowest BCUT2D eigenvalue weighted by molar-refractivity contribution is -0.161. The molecule has 0 saturated carbocycles. The average Bonchev–Trinajstić information content (AvgIpc) is 3.46. The van der Waals surface area contributed by atoms with Gasteiger partial charge in [0.05, 0.1) is 13.2 Å². The summed E-state index contributed by atoms with van der Waals surface area (Å²) in [5.74, 6) is -0.815. The largest absolute Gasteiger partial charge is 0.472 e. The Morgan fingerprint density at radius 2 is 0.642 bits per heavy atom. The number of hydrogen-bond donors (Lipinski definition) is 2. The van der Waals surface area contributed by atoms with Crippen LogP contribution in [0.5, 0.6) is 0 Å². The Morgan fingerprint density at radius 1 is 0.370 bits per heavy atom. The second-order valence-corrected chi connectivity index (χ2v) is 25.2. The van der Waals surface area contributed by atoms with E-state index in [2.05, 4.69) is 62.5 Å². The molecule has 81 heavy (non-hydrogen) atoms. The van der Waals surface area contributed by atoms with Crippen molar-refractivity contribution in [2.45, 2.75) is 367 Å². The molecule has 9 nitrogen and oxygen atoms in total. The van der Waals surface area contributed by atoms with Crippen LogP contribution in [0.4, 0.5) is 0 Å². The number of hydrogen-bond acceptors (Lipinski definition) is 8. The summed E-state index contributed by atoms with van der Waals surface area (Å²) in [5.41, 5.74) is 5.40. The standard InChI is InChI=1S/C71H134NO8P/c1-3-5-7-9-11-13-15-17-19-21-23-25-26-27-28-29-30-31-32-33-34-35-36-37-38-39-40-41-42-44-46-48-50-52-54-56-58-60-62-64-71(74)80-69(68-79-81(75,76)78-66-65-72)67-77-70(73)63-61-59-57-55-53-51-49-47-45-43-24-22-20-18-16-14-12-10-8-6-4-2/h15-18,21-24,69H,3-14,19-20,25-68,72H2,1-2H3,(H,75,76)/b17-15-,18-16-,23-21-,24-22-. The normalized spacial score (nSPS) is 13.2. The van der Waals surface area contributed by atoms with Gasteiger partial charge in [0.1, 0.15) is 6.61 Å². The summed E-state index contributed by atoms with van der Waals surface area (Å²) in [6.07, 6.45) is 85.1. The zero-order valence-corrected chi connectivity index (χ0v) is 54.4. The first-order valence-electron chi connectivity index (χ1n) is 35.1. The summed E-state index contributed by atoms with van der Waals surface area (Å²) >= 11 is 0. The maximum atomic E-state index is 12.8. The quantitative estimate of drug-likeness (QED) is 0.0264. The van der Waals surface area contributed by atoms with Gasteiger partial charge in [0, 0.05) is 19.4 Å². The van der Waals surface area contributed by atoms with Crippen molar-refractivity contribution in [1.29, 1.82) is 0 Å². The molecule has 0 aliphatic heterocycles. The zero-order valence-electron chi connectivity index (χ0n) is 53.5. The lowest BCUT2D eigenvalue weighted by Crippen LogP contribution is -2.29. The number of carbonyl (C=O) groups excluding carboxylic acids is 2. The summed E-state index contributed by atoms with van der Waals surface area (Å²) in [6, 6.07) is 0. The van der Waals surface area contributed by atoms with Crippen LogP contribution in [0.3, 0.4) is 0 Å². The first-order valence-corrected chi connectivity index (χ1v) is 36.6. The van der Waals surface area contributed by atoms with Crippen LogP contribution in [0, 0.1) is 0 Å². The number of esters is 2. The molecule has 0 rings (SSSR count). The third-order valence-electron chi connectivity index (χ3n) is 15.7. The summed E-state index contributed by atoms with van der Waals surface area (Å²) in [4.78, 5) is 35.3. The van der Waals surface area contributed by atoms with Crippen molar-refractivity contribution in [3.05, 3.63) is 48.6 Å². The van der Waals surface area contributed by atoms with Gasteiger partial charge in [-0.25, -0.2) is 4.57 Å². The van der Waals surface area contributed by atoms with Crippen LogP contribution in [0.25, 0.3) is 0 Å². The highest BCUT2D eigenvalue weighted by atomic mass is 31.2. The van der Waals surface area contributed by atoms with Crippen molar-refractivity contribution >= 4 is 19.8 Å². The molecule has 0 amide bonds. The van der Waals surface area contributed by atoms with Crippen LogP contribution in [0.15, 0.2) is 48.6 Å². The Labute approximate surface area is 502 Å². The minimum Gasteiger partial charge on any atom is -0.462 e. The van der Waals surface area contributed by atoms with Gasteiger partial charge in [0.15, 0.2) is 6.10 Å². The van der Waals surface area contributed by atoms with Gasteiger partial charge in [-0.05, 0) is 77.0 Å². The third-order valence-corrected chi connectivity index (χ3v) is 16.7. The van der Waals surface area contributed by atoms with E-state index in [4.69, 9.17) is 24.3 Å². The number of carbonyl (C=O) groups is 2. The fourth-order valence-electron chi connectivity index (χ4n) is 10.5. The van der Waals surface area contributed by atoms with Crippen LogP contribution < -0.4 is 5.73 Å². The molecule has 0 aromatic carbocycles. The van der Waals surface area contributed by atoms with Crippen LogP contribution in [-0.2, 0) is 32.7 Å². The highest BCUT2D eigenvalue weighted by Crippen LogP contribution is 2.43. The molecule has 0 aliphatic carbocycles. The lowest BCUT2D eigenvalue weighted by atomic mass is 10.0. The van der Waals surface area contributed by atoms with Crippen molar-refractivity contribution in [1.82, 2.24) is 0 Å². The molecule has 0 radical (unpaired) electrons. The molecule has 0 saturated heterocycles. The first-order chi connectivity index (χ1) is 39.8. The molecule has 10 heteroatoms. The first kappa shape index (κ1) is 79.0. The highest BCUT2D eigenvalue weighted by molar-refractivity contribution is 7.47. The average molecular weight is 1160 g/mol. The molecule has 2 unspecified atom stereocenters. The van der Waals surface area contributed by atoms with Gasteiger partial charge in [-0.15, -0.1) is 0 Å². The van der Waals surface area contributed by atoms with Gasteiger partial charge in [0.2, 0.25) is 0 Å². The SMILES string of the molecule is CCCCCCC/C=C\C/C=C\CCCCCCCCCCCCCCCCCCCCCCCCCCCCCC(=O)OC(COC(=O)CCCCCCCCCCC/C=C\C/C=C\CCCCCCC)COP(=O)(O)OCCN. The van der Waals surface area contributed by atoms with E-state index in [1.165, 1.54) is 283 Å². The molecule has 476 valence electrons. The van der Waals surface area contributed by atoms with E-state index >= 15 is 0 Å². The maximum Gasteiger partial charge on any atom is 0.472 e. The van der Waals surface area contributed by atoms with Crippen molar-refractivity contribution in [3.63, 3.8) is 0 Å². The molecule has 0 heterocycles. The molecule has 0 aromatic rings. The molecule has 0 spiro atoms. The molecule has 0 fully saturated rings. The van der Waals surface area contributed by atoms with Crippen LogP contribution in [0.2, 0.25) is 0 Å².